The second-order valence-corrected chi connectivity index (χ2v) is 7.44. The highest BCUT2D eigenvalue weighted by atomic mass is 32.2. The molecule has 0 radical (unpaired) electrons. The highest BCUT2D eigenvalue weighted by Crippen LogP contribution is 2.22. The summed E-state index contributed by atoms with van der Waals surface area (Å²) in [7, 11) is -3.05. The largest absolute Gasteiger partial charge is 0.317 e. The average Bonchev–Trinajstić information content (AvgIpc) is 2.63. The third-order valence-corrected chi connectivity index (χ3v) is 5.91. The minimum Gasteiger partial charge on any atom is -0.317 e. The van der Waals surface area contributed by atoms with Crippen LogP contribution in [0.1, 0.15) is 58.8 Å². The van der Waals surface area contributed by atoms with Crippen molar-refractivity contribution in [2.45, 2.75) is 64.8 Å². The lowest BCUT2D eigenvalue weighted by molar-refractivity contribution is 0.314. The molecule has 4 nitrogen and oxygen atoms in total. The summed E-state index contributed by atoms with van der Waals surface area (Å²) in [6.45, 7) is 6.78. The van der Waals surface area contributed by atoms with E-state index in [1.54, 1.807) is 4.31 Å². The third-order valence-electron chi connectivity index (χ3n) is 3.91. The van der Waals surface area contributed by atoms with E-state index < -0.39 is 10.0 Å². The van der Waals surface area contributed by atoms with Crippen molar-refractivity contribution >= 4 is 10.0 Å². The Morgan fingerprint density at radius 2 is 1.95 bits per heavy atom. The molecule has 1 heterocycles. The van der Waals surface area contributed by atoms with Gasteiger partial charge in [0.05, 0.1) is 5.75 Å². The van der Waals surface area contributed by atoms with E-state index in [9.17, 15) is 8.42 Å². The first-order valence-corrected chi connectivity index (χ1v) is 9.43. The van der Waals surface area contributed by atoms with Crippen LogP contribution in [0.2, 0.25) is 0 Å². The van der Waals surface area contributed by atoms with Crippen LogP contribution < -0.4 is 5.32 Å². The first-order chi connectivity index (χ1) is 9.11. The van der Waals surface area contributed by atoms with Gasteiger partial charge in [0.25, 0.3) is 0 Å². The smallest absolute Gasteiger partial charge is 0.214 e. The zero-order valence-corrected chi connectivity index (χ0v) is 13.3. The number of unbranched alkanes of at least 4 members (excludes halogenated alkanes) is 1. The summed E-state index contributed by atoms with van der Waals surface area (Å²) >= 11 is 0. The van der Waals surface area contributed by atoms with Gasteiger partial charge in [-0.2, -0.15) is 4.31 Å². The fourth-order valence-corrected chi connectivity index (χ4v) is 4.67. The predicted molar refractivity (Wildman–Crippen MR) is 80.8 cm³/mol. The van der Waals surface area contributed by atoms with Crippen LogP contribution in [0.5, 0.6) is 0 Å². The van der Waals surface area contributed by atoms with Gasteiger partial charge in [0, 0.05) is 12.6 Å². The van der Waals surface area contributed by atoms with E-state index in [1.807, 2.05) is 0 Å². The molecular weight excluding hydrogens is 260 g/mol. The summed E-state index contributed by atoms with van der Waals surface area (Å²) in [5.74, 6) is 0.314. The van der Waals surface area contributed by atoms with Gasteiger partial charge < -0.3 is 5.32 Å². The minimum absolute atomic E-state index is 0.237. The van der Waals surface area contributed by atoms with Gasteiger partial charge >= 0.3 is 0 Å². The normalized spacial score (nSPS) is 22.3. The van der Waals surface area contributed by atoms with E-state index >= 15 is 0 Å². The molecule has 5 heteroatoms. The van der Waals surface area contributed by atoms with Crippen LogP contribution in [0.3, 0.4) is 0 Å². The Bertz CT molecular complexity index is 330. The molecule has 0 spiro atoms. The number of nitrogens with one attached hydrogen (secondary N) is 1. The Morgan fingerprint density at radius 1 is 1.16 bits per heavy atom. The molecule has 0 aromatic heterocycles. The lowest BCUT2D eigenvalue weighted by Crippen LogP contribution is -2.41. The third kappa shape index (κ3) is 5.79. The highest BCUT2D eigenvalue weighted by molar-refractivity contribution is 7.89. The minimum atomic E-state index is -3.05. The first kappa shape index (κ1) is 16.9. The van der Waals surface area contributed by atoms with Crippen LogP contribution in [0.15, 0.2) is 0 Å². The lowest BCUT2D eigenvalue weighted by atomic mass is 10.1. The van der Waals surface area contributed by atoms with Crippen LogP contribution in [-0.2, 0) is 10.0 Å². The highest BCUT2D eigenvalue weighted by Gasteiger charge is 2.29. The second-order valence-electron chi connectivity index (χ2n) is 5.40. The topological polar surface area (TPSA) is 49.4 Å². The zero-order chi connectivity index (χ0) is 14.1. The Kier molecular flexibility index (Phi) is 7.95. The SMILES string of the molecule is CCNCCCCS(=O)(=O)N1CCCCCC1CC. The van der Waals surface area contributed by atoms with Gasteiger partial charge in [-0.1, -0.05) is 26.7 Å². The summed E-state index contributed by atoms with van der Waals surface area (Å²) in [5.41, 5.74) is 0. The number of nitrogens with zero attached hydrogens (tertiary/aromatic N) is 1. The van der Waals surface area contributed by atoms with Gasteiger partial charge in [0.15, 0.2) is 0 Å². The van der Waals surface area contributed by atoms with E-state index in [1.165, 1.54) is 12.8 Å². The molecule has 0 aromatic rings. The maximum Gasteiger partial charge on any atom is 0.214 e. The summed E-state index contributed by atoms with van der Waals surface area (Å²) in [4.78, 5) is 0. The molecular formula is C14H30N2O2S. The van der Waals surface area contributed by atoms with Crippen molar-refractivity contribution in [1.29, 1.82) is 0 Å². The Balaban J connectivity index is 2.48. The van der Waals surface area contributed by atoms with Crippen molar-refractivity contribution in [3.8, 4) is 0 Å². The summed E-state index contributed by atoms with van der Waals surface area (Å²) in [6, 6.07) is 0.237. The number of hydrogen-bond acceptors (Lipinski definition) is 3. The van der Waals surface area contributed by atoms with E-state index in [0.29, 0.717) is 5.75 Å². The van der Waals surface area contributed by atoms with Crippen molar-refractivity contribution in [3.05, 3.63) is 0 Å². The molecule has 1 atom stereocenters. The fraction of sp³-hybridized carbons (Fsp3) is 1.00. The van der Waals surface area contributed by atoms with Crippen LogP contribution in [0.4, 0.5) is 0 Å². The Hall–Kier alpha value is -0.130. The van der Waals surface area contributed by atoms with Gasteiger partial charge in [0.1, 0.15) is 0 Å². The van der Waals surface area contributed by atoms with Gasteiger partial charge in [-0.3, -0.25) is 0 Å². The van der Waals surface area contributed by atoms with Gasteiger partial charge in [-0.05, 0) is 45.2 Å². The molecule has 0 amide bonds. The van der Waals surface area contributed by atoms with E-state index in [0.717, 1.165) is 51.7 Å². The monoisotopic (exact) mass is 290 g/mol. The molecule has 19 heavy (non-hydrogen) atoms. The van der Waals surface area contributed by atoms with Crippen molar-refractivity contribution < 1.29 is 8.42 Å². The molecule has 0 bridgehead atoms. The molecule has 0 saturated carbocycles. The van der Waals surface area contributed by atoms with E-state index in [4.69, 9.17) is 0 Å². The molecule has 1 N–H and O–H groups in total. The fourth-order valence-electron chi connectivity index (χ4n) is 2.75. The van der Waals surface area contributed by atoms with Crippen LogP contribution >= 0.6 is 0 Å². The van der Waals surface area contributed by atoms with Gasteiger partial charge in [0.2, 0.25) is 10.0 Å². The Morgan fingerprint density at radius 3 is 2.63 bits per heavy atom. The van der Waals surface area contributed by atoms with E-state index in [-0.39, 0.29) is 6.04 Å². The molecule has 1 rings (SSSR count). The maximum atomic E-state index is 12.4. The number of hydrogen-bond donors (Lipinski definition) is 1. The van der Waals surface area contributed by atoms with Crippen LogP contribution in [0.25, 0.3) is 0 Å². The lowest BCUT2D eigenvalue weighted by Gasteiger charge is -2.28. The predicted octanol–water partition coefficient (Wildman–Crippen LogP) is 2.36. The van der Waals surface area contributed by atoms with E-state index in [2.05, 4.69) is 19.2 Å². The first-order valence-electron chi connectivity index (χ1n) is 7.82. The number of sulfonamides is 1. The molecule has 1 unspecified atom stereocenters. The molecule has 1 aliphatic rings. The summed E-state index contributed by atoms with van der Waals surface area (Å²) < 4.78 is 26.7. The number of rotatable bonds is 8. The van der Waals surface area contributed by atoms with Gasteiger partial charge in [-0.25, -0.2) is 8.42 Å². The van der Waals surface area contributed by atoms with Crippen molar-refractivity contribution in [2.75, 3.05) is 25.4 Å². The average molecular weight is 290 g/mol. The Labute approximate surface area is 119 Å². The van der Waals surface area contributed by atoms with Gasteiger partial charge in [-0.15, -0.1) is 0 Å². The molecule has 0 aromatic carbocycles. The zero-order valence-electron chi connectivity index (χ0n) is 12.5. The molecule has 1 aliphatic heterocycles. The van der Waals surface area contributed by atoms with Crippen molar-refractivity contribution in [3.63, 3.8) is 0 Å². The van der Waals surface area contributed by atoms with Crippen LogP contribution in [0, 0.1) is 0 Å². The standard InChI is InChI=1S/C14H30N2O2S/c1-3-14-10-6-5-8-12-16(14)19(17,18)13-9-7-11-15-4-2/h14-15H,3-13H2,1-2H3. The van der Waals surface area contributed by atoms with Crippen molar-refractivity contribution in [1.82, 2.24) is 9.62 Å². The quantitative estimate of drug-likeness (QED) is 0.698. The maximum absolute atomic E-state index is 12.4. The summed E-state index contributed by atoms with van der Waals surface area (Å²) in [6.07, 6.45) is 7.05. The molecule has 0 aliphatic carbocycles. The molecule has 114 valence electrons. The van der Waals surface area contributed by atoms with Crippen LogP contribution in [-0.4, -0.2) is 44.2 Å². The molecule has 1 saturated heterocycles. The molecule has 1 fully saturated rings. The second kappa shape index (κ2) is 8.93. The summed E-state index contributed by atoms with van der Waals surface area (Å²) in [5, 5.41) is 3.24. The van der Waals surface area contributed by atoms with Crippen molar-refractivity contribution in [2.24, 2.45) is 0 Å².